The van der Waals surface area contributed by atoms with Gasteiger partial charge in [-0.25, -0.2) is 8.51 Å². The number of likely N-dealkylation sites (tertiary alicyclic amines) is 1. The average molecular weight is 869 g/mol. The van der Waals surface area contributed by atoms with Gasteiger partial charge in [-0.05, 0) is 50.5 Å². The van der Waals surface area contributed by atoms with Gasteiger partial charge in [-0.2, -0.15) is 0 Å². The van der Waals surface area contributed by atoms with E-state index in [1.54, 1.807) is 46.2 Å². The number of rotatable bonds is 20. The van der Waals surface area contributed by atoms with E-state index in [4.69, 9.17) is 9.47 Å². The van der Waals surface area contributed by atoms with Crippen LogP contribution in [0.4, 0.5) is 0 Å². The number of hydrogen-bond acceptors (Lipinski definition) is 9. The summed E-state index contributed by atoms with van der Waals surface area (Å²) in [4.78, 5) is 63.3. The monoisotopic (exact) mass is 868 g/mol. The summed E-state index contributed by atoms with van der Waals surface area (Å²) in [6, 6.07) is 8.19. The van der Waals surface area contributed by atoms with Crippen LogP contribution in [0.3, 0.4) is 0 Å². The van der Waals surface area contributed by atoms with Gasteiger partial charge in [-0.1, -0.05) is 71.4 Å². The molecule has 2 aromatic rings. The van der Waals surface area contributed by atoms with Gasteiger partial charge in [0.05, 0.1) is 42.7 Å². The van der Waals surface area contributed by atoms with Crippen molar-refractivity contribution in [3.63, 3.8) is 0 Å². The third kappa shape index (κ3) is 11.7. The van der Waals surface area contributed by atoms with Crippen LogP contribution in [0.5, 0.6) is 0 Å². The summed E-state index contributed by atoms with van der Waals surface area (Å²) in [6.07, 6.45) is 3.47. The lowest BCUT2D eigenvalue weighted by molar-refractivity contribution is -0.148. The topological polar surface area (TPSA) is 142 Å². The number of methoxy groups -OCH3 is 2. The molecule has 14 heteroatoms. The number of hydrogen-bond donors (Lipinski definition) is 3. The van der Waals surface area contributed by atoms with Crippen molar-refractivity contribution in [1.29, 1.82) is 0 Å². The first-order chi connectivity index (χ1) is 25.1. The fourth-order valence-corrected chi connectivity index (χ4v) is 8.10. The Morgan fingerprint density at radius 3 is 2.30 bits per heavy atom. The summed E-state index contributed by atoms with van der Waals surface area (Å²) in [5.74, 6) is -1.54. The van der Waals surface area contributed by atoms with Gasteiger partial charge in [0.2, 0.25) is 23.6 Å². The summed E-state index contributed by atoms with van der Waals surface area (Å²) < 4.78 is 15.0. The number of likely N-dealkylation sites (N-methyl/N-ethyl adjacent to an activating group) is 1. The maximum Gasteiger partial charge on any atom is 0.245 e. The first-order valence-corrected chi connectivity index (χ1v) is 20.6. The van der Waals surface area contributed by atoms with E-state index >= 15 is 0 Å². The van der Waals surface area contributed by atoms with E-state index in [1.165, 1.54) is 11.3 Å². The maximum absolute atomic E-state index is 14.2. The van der Waals surface area contributed by atoms with Crippen molar-refractivity contribution in [2.24, 2.45) is 17.8 Å². The van der Waals surface area contributed by atoms with Crippen LogP contribution < -0.4 is 14.2 Å². The molecule has 0 aliphatic carbocycles. The van der Waals surface area contributed by atoms with Crippen molar-refractivity contribution in [3.8, 4) is 0 Å². The largest absolute Gasteiger partial charge is 0.379 e. The summed E-state index contributed by atoms with van der Waals surface area (Å²) >= 11 is 3.45. The zero-order valence-electron chi connectivity index (χ0n) is 33.1. The minimum absolute atomic E-state index is 0.0100. The van der Waals surface area contributed by atoms with E-state index in [9.17, 15) is 19.2 Å². The normalized spacial score (nSPS) is 18.8. The maximum atomic E-state index is 14.2. The van der Waals surface area contributed by atoms with Crippen LogP contribution in [0, 0.1) is 17.8 Å². The molecule has 0 spiro atoms. The zero-order chi connectivity index (χ0) is 39.5. The van der Waals surface area contributed by atoms with Crippen LogP contribution in [-0.2, 0) is 35.1 Å². The molecule has 0 saturated carbocycles. The minimum Gasteiger partial charge on any atom is -0.379 e. The second-order valence-electron chi connectivity index (χ2n) is 15.1. The van der Waals surface area contributed by atoms with E-state index < -0.39 is 35.7 Å². The molecule has 1 aromatic heterocycles. The predicted molar refractivity (Wildman–Crippen MR) is 217 cm³/mol. The molecule has 8 atom stereocenters. The molecule has 1 saturated heterocycles. The number of ether oxygens (including phenoxy) is 2. The van der Waals surface area contributed by atoms with Crippen molar-refractivity contribution >= 4 is 57.8 Å². The standard InChI is InChI=1S/C39H61IN6O6S/c1-11-25(4)33(45(8)37(49)32(24(2)3)43-38(50)39(6,7)44-40)30(51-9)23-31(47)46-20-15-18-29(46)34(52-10)26(5)35(48)42-28(36-41-19-21-53-36)22-27-16-13-12-14-17-27/h12-14,16-17,19,21,24-26,28-30,32-34,44H,11,15,18,20,22-23H2,1-10H3,(H,42,48)(H,43,50)/t25-,26+,28-,29-,30+,32-,33-,34+/m0/s1. The molecule has 1 aliphatic heterocycles. The van der Waals surface area contributed by atoms with Gasteiger partial charge >= 0.3 is 0 Å². The van der Waals surface area contributed by atoms with Gasteiger partial charge < -0.3 is 29.9 Å². The van der Waals surface area contributed by atoms with Gasteiger partial charge in [0, 0.05) is 62.3 Å². The average Bonchev–Trinajstić information content (AvgIpc) is 3.87. The molecule has 0 radical (unpaired) electrons. The SMILES string of the molecule is CC[C@H](C)[C@@H]([C@@H](CC(=O)N1CCC[C@H]1[C@H](OC)[C@@H](C)C(=O)N[C@@H](Cc1ccccc1)c1nccs1)OC)N(C)C(=O)[C@@H](NC(=O)C(C)(C)NI)C(C)C. The van der Waals surface area contributed by atoms with Gasteiger partial charge in [-0.3, -0.25) is 19.2 Å². The highest BCUT2D eigenvalue weighted by molar-refractivity contribution is 14.1. The molecule has 0 unspecified atom stereocenters. The van der Waals surface area contributed by atoms with E-state index in [1.807, 2.05) is 98.1 Å². The van der Waals surface area contributed by atoms with Gasteiger partial charge in [-0.15, -0.1) is 11.3 Å². The fraction of sp³-hybridized carbons (Fsp3) is 0.667. The Morgan fingerprint density at radius 1 is 1.08 bits per heavy atom. The second kappa shape index (κ2) is 20.9. The molecule has 12 nitrogen and oxygen atoms in total. The van der Waals surface area contributed by atoms with E-state index in [0.717, 1.165) is 23.4 Å². The van der Waals surface area contributed by atoms with Crippen LogP contribution in [0.25, 0.3) is 0 Å². The Morgan fingerprint density at radius 2 is 1.75 bits per heavy atom. The number of nitrogens with one attached hydrogen (secondary N) is 3. The fourth-order valence-electron chi connectivity index (χ4n) is 7.16. The lowest BCUT2D eigenvalue weighted by Gasteiger charge is -2.41. The molecule has 3 N–H and O–H groups in total. The number of aromatic nitrogens is 1. The van der Waals surface area contributed by atoms with Crippen molar-refractivity contribution in [2.75, 3.05) is 27.8 Å². The molecule has 3 rings (SSSR count). The Bertz CT molecular complexity index is 1460. The summed E-state index contributed by atoms with van der Waals surface area (Å²) in [7, 11) is 4.90. The highest BCUT2D eigenvalue weighted by atomic mass is 127. The molecular formula is C39H61IN6O6S. The van der Waals surface area contributed by atoms with Crippen LogP contribution >= 0.6 is 34.2 Å². The summed E-state index contributed by atoms with van der Waals surface area (Å²) in [5.41, 5.74) is 0.217. The Balaban J connectivity index is 1.78. The molecule has 53 heavy (non-hydrogen) atoms. The zero-order valence-corrected chi connectivity index (χ0v) is 36.0. The molecule has 1 aromatic carbocycles. The number of carbonyl (C=O) groups is 4. The number of amides is 4. The molecule has 4 amide bonds. The lowest BCUT2D eigenvalue weighted by atomic mass is 9.89. The number of benzene rings is 1. The number of thiazole rings is 1. The Kier molecular flexibility index (Phi) is 17.6. The van der Waals surface area contributed by atoms with Gasteiger partial charge in [0.15, 0.2) is 0 Å². The summed E-state index contributed by atoms with van der Waals surface area (Å²) in [6.45, 7) is 13.8. The van der Waals surface area contributed by atoms with Gasteiger partial charge in [0.1, 0.15) is 16.6 Å². The van der Waals surface area contributed by atoms with Crippen molar-refractivity contribution in [1.82, 2.24) is 28.9 Å². The highest BCUT2D eigenvalue weighted by Gasteiger charge is 2.43. The van der Waals surface area contributed by atoms with Crippen molar-refractivity contribution in [3.05, 3.63) is 52.5 Å². The third-order valence-corrected chi connectivity index (χ3v) is 12.9. The minimum atomic E-state index is -0.875. The molecule has 1 fully saturated rings. The van der Waals surface area contributed by atoms with E-state index in [-0.39, 0.29) is 54.0 Å². The molecule has 1 aliphatic rings. The lowest BCUT2D eigenvalue weighted by Crippen LogP contribution is -2.60. The predicted octanol–water partition coefficient (Wildman–Crippen LogP) is 5.32. The van der Waals surface area contributed by atoms with E-state index in [0.29, 0.717) is 19.4 Å². The van der Waals surface area contributed by atoms with E-state index in [2.05, 4.69) is 19.1 Å². The quantitative estimate of drug-likeness (QED) is 0.120. The number of halogens is 1. The smallest absolute Gasteiger partial charge is 0.245 e. The number of nitrogens with zero attached hydrogens (tertiary/aromatic N) is 3. The van der Waals surface area contributed by atoms with Crippen LogP contribution in [0.2, 0.25) is 0 Å². The molecule has 0 bridgehead atoms. The first-order valence-electron chi connectivity index (χ1n) is 18.7. The highest BCUT2D eigenvalue weighted by Crippen LogP contribution is 2.30. The van der Waals surface area contributed by atoms with Crippen LogP contribution in [0.15, 0.2) is 41.9 Å². The second-order valence-corrected chi connectivity index (χ2v) is 16.6. The molecular weight excluding hydrogens is 807 g/mol. The number of carbonyl (C=O) groups excluding carboxylic acids is 4. The van der Waals surface area contributed by atoms with Crippen molar-refractivity contribution < 1.29 is 28.7 Å². The van der Waals surface area contributed by atoms with Crippen molar-refractivity contribution in [2.45, 2.75) is 122 Å². The Hall–Kier alpha value is -2.66. The first kappa shape index (κ1) is 44.7. The van der Waals surface area contributed by atoms with Gasteiger partial charge in [0.25, 0.3) is 0 Å². The van der Waals surface area contributed by atoms with Crippen LogP contribution in [0.1, 0.15) is 90.8 Å². The van der Waals surface area contributed by atoms with Crippen LogP contribution in [-0.4, -0.2) is 102 Å². The molecule has 296 valence electrons. The summed E-state index contributed by atoms with van der Waals surface area (Å²) in [5, 5.41) is 8.91. The molecule has 2 heterocycles. The third-order valence-electron chi connectivity index (χ3n) is 10.6. The Labute approximate surface area is 334 Å².